The second-order valence-corrected chi connectivity index (χ2v) is 8.77. The second-order valence-electron chi connectivity index (χ2n) is 7.52. The van der Waals surface area contributed by atoms with E-state index in [1.807, 2.05) is 24.3 Å². The van der Waals surface area contributed by atoms with Crippen LogP contribution in [-0.2, 0) is 17.9 Å². The highest BCUT2D eigenvalue weighted by molar-refractivity contribution is 6.36. The van der Waals surface area contributed by atoms with Crippen LogP contribution >= 0.6 is 34.8 Å². The van der Waals surface area contributed by atoms with Crippen LogP contribution in [0, 0.1) is 5.92 Å². The van der Waals surface area contributed by atoms with Crippen LogP contribution in [-0.4, -0.2) is 34.0 Å². The van der Waals surface area contributed by atoms with Crippen molar-refractivity contribution in [3.8, 4) is 11.4 Å². The topological polar surface area (TPSA) is 71.3 Å². The number of nitrogens with zero attached hydrogens (tertiary/aromatic N) is 3. The molecule has 2 aromatic carbocycles. The Labute approximate surface area is 195 Å². The van der Waals surface area contributed by atoms with Crippen molar-refractivity contribution in [2.45, 2.75) is 25.9 Å². The smallest absolute Gasteiger partial charge is 0.241 e. The number of piperidine rings is 1. The van der Waals surface area contributed by atoms with Gasteiger partial charge in [-0.3, -0.25) is 9.69 Å². The van der Waals surface area contributed by atoms with Crippen LogP contribution in [0.15, 0.2) is 47.0 Å². The lowest BCUT2D eigenvalue weighted by Crippen LogP contribution is -2.42. The molecule has 1 unspecified atom stereocenters. The van der Waals surface area contributed by atoms with E-state index in [0.29, 0.717) is 52.0 Å². The van der Waals surface area contributed by atoms with Crippen LogP contribution in [0.25, 0.3) is 11.4 Å². The normalized spacial score (nSPS) is 16.9. The Morgan fingerprint density at radius 1 is 1.16 bits per heavy atom. The first-order valence-corrected chi connectivity index (χ1v) is 11.1. The summed E-state index contributed by atoms with van der Waals surface area (Å²) in [5.41, 5.74) is 1.57. The molecule has 0 saturated carbocycles. The molecule has 1 fully saturated rings. The predicted molar refractivity (Wildman–Crippen MR) is 121 cm³/mol. The van der Waals surface area contributed by atoms with Crippen molar-refractivity contribution < 1.29 is 9.32 Å². The predicted octanol–water partition coefficient (Wildman–Crippen LogP) is 5.23. The van der Waals surface area contributed by atoms with E-state index in [9.17, 15) is 4.79 Å². The molecule has 1 atom stereocenters. The maximum atomic E-state index is 12.7. The molecule has 1 aromatic heterocycles. The van der Waals surface area contributed by atoms with E-state index in [1.54, 1.807) is 18.2 Å². The minimum Gasteiger partial charge on any atom is -0.352 e. The first-order chi connectivity index (χ1) is 15.0. The SMILES string of the molecule is O=C(NCc1ccccc1Cl)C1CCCN(Cc2nc(-c3ccc(Cl)cc3Cl)no2)C1. The number of carbonyl (C=O) groups is 1. The summed E-state index contributed by atoms with van der Waals surface area (Å²) in [7, 11) is 0. The molecule has 9 heteroatoms. The molecule has 0 radical (unpaired) electrons. The van der Waals surface area contributed by atoms with Crippen molar-refractivity contribution in [2.75, 3.05) is 13.1 Å². The lowest BCUT2D eigenvalue weighted by molar-refractivity contribution is -0.127. The first kappa shape index (κ1) is 22.1. The van der Waals surface area contributed by atoms with Gasteiger partial charge in [-0.25, -0.2) is 0 Å². The van der Waals surface area contributed by atoms with Gasteiger partial charge in [0.1, 0.15) is 0 Å². The maximum absolute atomic E-state index is 12.7. The third-order valence-electron chi connectivity index (χ3n) is 5.29. The molecule has 0 spiro atoms. The van der Waals surface area contributed by atoms with Gasteiger partial charge in [0, 0.05) is 28.7 Å². The van der Waals surface area contributed by atoms with Crippen LogP contribution in [0.4, 0.5) is 0 Å². The first-order valence-electron chi connectivity index (χ1n) is 10.0. The molecule has 0 aliphatic carbocycles. The molecule has 1 saturated heterocycles. The molecule has 4 rings (SSSR count). The zero-order valence-corrected chi connectivity index (χ0v) is 18.9. The third kappa shape index (κ3) is 5.57. The van der Waals surface area contributed by atoms with E-state index >= 15 is 0 Å². The van der Waals surface area contributed by atoms with Gasteiger partial charge in [0.15, 0.2) is 0 Å². The summed E-state index contributed by atoms with van der Waals surface area (Å²) >= 11 is 18.4. The Kier molecular flexibility index (Phi) is 7.13. The Morgan fingerprint density at radius 2 is 2.00 bits per heavy atom. The van der Waals surface area contributed by atoms with Crippen LogP contribution in [0.1, 0.15) is 24.3 Å². The minimum atomic E-state index is -0.0932. The van der Waals surface area contributed by atoms with Crippen molar-refractivity contribution >= 4 is 40.7 Å². The molecule has 1 aliphatic heterocycles. The quantitative estimate of drug-likeness (QED) is 0.524. The summed E-state index contributed by atoms with van der Waals surface area (Å²) in [5, 5.41) is 8.70. The average Bonchev–Trinajstić information content (AvgIpc) is 3.21. The number of halogens is 3. The van der Waals surface area contributed by atoms with Gasteiger partial charge >= 0.3 is 0 Å². The summed E-state index contributed by atoms with van der Waals surface area (Å²) in [4.78, 5) is 19.3. The molecular weight excluding hydrogens is 459 g/mol. The number of aromatic nitrogens is 2. The summed E-state index contributed by atoms with van der Waals surface area (Å²) in [5.74, 6) is 0.842. The zero-order chi connectivity index (χ0) is 21.8. The number of nitrogens with one attached hydrogen (secondary N) is 1. The standard InChI is InChI=1S/C22H21Cl3N4O2/c23-16-7-8-17(19(25)10-16)21-27-20(31-28-21)13-29-9-3-5-15(12-29)22(30)26-11-14-4-1-2-6-18(14)24/h1-2,4,6-8,10,15H,3,5,9,11-13H2,(H,26,30). The van der Waals surface area contributed by atoms with Crippen LogP contribution in [0.5, 0.6) is 0 Å². The molecular formula is C22H21Cl3N4O2. The molecule has 162 valence electrons. The summed E-state index contributed by atoms with van der Waals surface area (Å²) in [6.07, 6.45) is 1.77. The van der Waals surface area contributed by atoms with Gasteiger partial charge in [0.2, 0.25) is 17.6 Å². The van der Waals surface area contributed by atoms with Gasteiger partial charge < -0.3 is 9.84 Å². The number of likely N-dealkylation sites (tertiary alicyclic amines) is 1. The molecule has 0 bridgehead atoms. The van der Waals surface area contributed by atoms with E-state index in [1.165, 1.54) is 0 Å². The fourth-order valence-electron chi connectivity index (χ4n) is 3.67. The Morgan fingerprint density at radius 3 is 2.81 bits per heavy atom. The fourth-order valence-corrected chi connectivity index (χ4v) is 4.37. The summed E-state index contributed by atoms with van der Waals surface area (Å²) in [6, 6.07) is 12.7. The van der Waals surface area contributed by atoms with Crippen molar-refractivity contribution in [3.63, 3.8) is 0 Å². The molecule has 1 amide bonds. The van der Waals surface area contributed by atoms with Crippen LogP contribution < -0.4 is 5.32 Å². The Bertz CT molecular complexity index is 1070. The monoisotopic (exact) mass is 478 g/mol. The van der Waals surface area contributed by atoms with Gasteiger partial charge in [-0.2, -0.15) is 4.98 Å². The van der Waals surface area contributed by atoms with E-state index < -0.39 is 0 Å². The Balaban J connectivity index is 1.34. The summed E-state index contributed by atoms with van der Waals surface area (Å²) in [6.45, 7) is 2.40. The van der Waals surface area contributed by atoms with Gasteiger partial charge in [-0.1, -0.05) is 58.2 Å². The van der Waals surface area contributed by atoms with Crippen molar-refractivity contribution in [2.24, 2.45) is 5.92 Å². The molecule has 31 heavy (non-hydrogen) atoms. The molecule has 1 N–H and O–H groups in total. The molecule has 6 nitrogen and oxygen atoms in total. The van der Waals surface area contributed by atoms with Crippen molar-refractivity contribution in [3.05, 3.63) is 69.0 Å². The zero-order valence-electron chi connectivity index (χ0n) is 16.7. The van der Waals surface area contributed by atoms with E-state index in [-0.39, 0.29) is 11.8 Å². The minimum absolute atomic E-state index is 0.0313. The Hall–Kier alpha value is -2.12. The number of rotatable bonds is 6. The lowest BCUT2D eigenvalue weighted by Gasteiger charge is -2.30. The number of hydrogen-bond donors (Lipinski definition) is 1. The number of benzene rings is 2. The van der Waals surface area contributed by atoms with Crippen LogP contribution in [0.2, 0.25) is 15.1 Å². The van der Waals surface area contributed by atoms with Crippen molar-refractivity contribution in [1.29, 1.82) is 0 Å². The largest absolute Gasteiger partial charge is 0.352 e. The molecule has 2 heterocycles. The highest BCUT2D eigenvalue weighted by Crippen LogP contribution is 2.29. The van der Waals surface area contributed by atoms with Crippen molar-refractivity contribution in [1.82, 2.24) is 20.4 Å². The third-order valence-corrected chi connectivity index (χ3v) is 6.20. The number of hydrogen-bond acceptors (Lipinski definition) is 5. The molecule has 3 aromatic rings. The summed E-state index contributed by atoms with van der Waals surface area (Å²) < 4.78 is 5.41. The van der Waals surface area contributed by atoms with Gasteiger partial charge in [-0.05, 0) is 49.2 Å². The fraction of sp³-hybridized carbons (Fsp3) is 0.318. The highest BCUT2D eigenvalue weighted by atomic mass is 35.5. The van der Waals surface area contributed by atoms with E-state index in [0.717, 1.165) is 24.9 Å². The van der Waals surface area contributed by atoms with Gasteiger partial charge in [0.25, 0.3) is 0 Å². The van der Waals surface area contributed by atoms with Crippen LogP contribution in [0.3, 0.4) is 0 Å². The number of carbonyl (C=O) groups excluding carboxylic acids is 1. The number of amides is 1. The average molecular weight is 480 g/mol. The van der Waals surface area contributed by atoms with Gasteiger partial charge in [0.05, 0.1) is 17.5 Å². The van der Waals surface area contributed by atoms with E-state index in [4.69, 9.17) is 39.3 Å². The highest BCUT2D eigenvalue weighted by Gasteiger charge is 2.27. The lowest BCUT2D eigenvalue weighted by atomic mass is 9.97. The molecule has 1 aliphatic rings. The maximum Gasteiger partial charge on any atom is 0.241 e. The van der Waals surface area contributed by atoms with Gasteiger partial charge in [-0.15, -0.1) is 0 Å². The second kappa shape index (κ2) is 10.0. The van der Waals surface area contributed by atoms with E-state index in [2.05, 4.69) is 20.4 Å².